The molecule has 1 saturated heterocycles. The summed E-state index contributed by atoms with van der Waals surface area (Å²) < 4.78 is 5.34. The molecule has 3 heteroatoms. The highest BCUT2D eigenvalue weighted by Crippen LogP contribution is 2.14. The fourth-order valence-corrected chi connectivity index (χ4v) is 1.94. The molecule has 1 aliphatic heterocycles. The molecule has 0 saturated carbocycles. The van der Waals surface area contributed by atoms with E-state index in [1.807, 2.05) is 0 Å². The molecule has 0 radical (unpaired) electrons. The Morgan fingerprint density at radius 2 is 2.50 bits per heavy atom. The number of rotatable bonds is 6. The monoisotopic (exact) mass is 189 g/mol. The summed E-state index contributed by atoms with van der Waals surface area (Å²) in [5.41, 5.74) is 0. The minimum atomic E-state index is 0.917. The van der Waals surface area contributed by atoms with Gasteiger partial charge in [-0.1, -0.05) is 6.92 Å². The molecule has 1 aliphatic rings. The maximum Gasteiger partial charge on any atom is 0.0613 e. The SMILES string of the molecule is CCSOCCC[C@@H]1CCNC1. The van der Waals surface area contributed by atoms with Crippen molar-refractivity contribution >= 4 is 12.0 Å². The van der Waals surface area contributed by atoms with Crippen molar-refractivity contribution in [1.82, 2.24) is 5.32 Å². The molecular formula is C9H19NOS. The van der Waals surface area contributed by atoms with E-state index in [1.54, 1.807) is 12.0 Å². The van der Waals surface area contributed by atoms with Crippen molar-refractivity contribution in [3.8, 4) is 0 Å². The first-order chi connectivity index (χ1) is 5.93. The molecule has 1 rings (SSSR count). The van der Waals surface area contributed by atoms with Gasteiger partial charge in [-0.2, -0.15) is 0 Å². The topological polar surface area (TPSA) is 21.3 Å². The van der Waals surface area contributed by atoms with Gasteiger partial charge in [-0.05, 0) is 50.3 Å². The maximum atomic E-state index is 5.34. The van der Waals surface area contributed by atoms with Gasteiger partial charge in [0, 0.05) is 5.75 Å². The molecule has 0 aromatic heterocycles. The highest BCUT2D eigenvalue weighted by molar-refractivity contribution is 7.94. The van der Waals surface area contributed by atoms with Crippen molar-refractivity contribution in [1.29, 1.82) is 0 Å². The van der Waals surface area contributed by atoms with E-state index in [0.29, 0.717) is 0 Å². The van der Waals surface area contributed by atoms with Gasteiger partial charge in [0.05, 0.1) is 6.61 Å². The third-order valence-corrected chi connectivity index (χ3v) is 2.77. The molecule has 0 aromatic rings. The molecule has 0 amide bonds. The minimum absolute atomic E-state index is 0.917. The summed E-state index contributed by atoms with van der Waals surface area (Å²) in [4.78, 5) is 0. The molecule has 12 heavy (non-hydrogen) atoms. The summed E-state index contributed by atoms with van der Waals surface area (Å²) >= 11 is 1.57. The summed E-state index contributed by atoms with van der Waals surface area (Å²) in [5, 5.41) is 3.38. The Bertz CT molecular complexity index is 105. The molecule has 0 spiro atoms. The lowest BCUT2D eigenvalue weighted by Crippen LogP contribution is -2.09. The lowest BCUT2D eigenvalue weighted by Gasteiger charge is -2.06. The summed E-state index contributed by atoms with van der Waals surface area (Å²) in [7, 11) is 0. The van der Waals surface area contributed by atoms with Gasteiger partial charge >= 0.3 is 0 Å². The lowest BCUT2D eigenvalue weighted by atomic mass is 10.0. The largest absolute Gasteiger partial charge is 0.316 e. The predicted octanol–water partition coefficient (Wildman–Crippen LogP) is 2.06. The van der Waals surface area contributed by atoms with Crippen LogP contribution < -0.4 is 5.32 Å². The predicted molar refractivity (Wildman–Crippen MR) is 54.3 cm³/mol. The Morgan fingerprint density at radius 3 is 3.17 bits per heavy atom. The Kier molecular flexibility index (Phi) is 5.82. The Labute approximate surface area is 79.6 Å². The van der Waals surface area contributed by atoms with Crippen molar-refractivity contribution in [3.63, 3.8) is 0 Å². The second kappa shape index (κ2) is 6.75. The van der Waals surface area contributed by atoms with E-state index in [1.165, 1.54) is 32.4 Å². The van der Waals surface area contributed by atoms with Crippen LogP contribution in [0.4, 0.5) is 0 Å². The van der Waals surface area contributed by atoms with Crippen molar-refractivity contribution in [2.24, 2.45) is 5.92 Å². The summed E-state index contributed by atoms with van der Waals surface area (Å²) in [5.74, 6) is 1.98. The van der Waals surface area contributed by atoms with Gasteiger partial charge in [0.25, 0.3) is 0 Å². The van der Waals surface area contributed by atoms with E-state index in [-0.39, 0.29) is 0 Å². The fourth-order valence-electron chi connectivity index (χ4n) is 1.53. The summed E-state index contributed by atoms with van der Waals surface area (Å²) in [6.45, 7) is 5.48. The standard InChI is InChI=1S/C9H19NOS/c1-2-12-11-7-3-4-9-5-6-10-8-9/h9-10H,2-8H2,1H3/t9-/m1/s1. The zero-order valence-corrected chi connectivity index (χ0v) is 8.66. The molecule has 0 aliphatic carbocycles. The van der Waals surface area contributed by atoms with Crippen molar-refractivity contribution in [3.05, 3.63) is 0 Å². The zero-order valence-electron chi connectivity index (χ0n) is 7.84. The third kappa shape index (κ3) is 4.33. The van der Waals surface area contributed by atoms with Gasteiger partial charge < -0.3 is 9.50 Å². The fraction of sp³-hybridized carbons (Fsp3) is 1.00. The van der Waals surface area contributed by atoms with Crippen LogP contribution in [0.25, 0.3) is 0 Å². The van der Waals surface area contributed by atoms with E-state index in [0.717, 1.165) is 18.3 Å². The van der Waals surface area contributed by atoms with Crippen molar-refractivity contribution in [2.75, 3.05) is 25.4 Å². The zero-order chi connectivity index (χ0) is 8.65. The van der Waals surface area contributed by atoms with Gasteiger partial charge in [-0.15, -0.1) is 0 Å². The summed E-state index contributed by atoms with van der Waals surface area (Å²) in [6, 6.07) is 0. The Balaban J connectivity index is 1.81. The molecule has 1 fully saturated rings. The number of nitrogens with one attached hydrogen (secondary N) is 1. The van der Waals surface area contributed by atoms with Crippen LogP contribution >= 0.6 is 12.0 Å². The van der Waals surface area contributed by atoms with Crippen LogP contribution in [0.5, 0.6) is 0 Å². The van der Waals surface area contributed by atoms with E-state index in [2.05, 4.69) is 12.2 Å². The first kappa shape index (κ1) is 10.4. The molecule has 72 valence electrons. The van der Waals surface area contributed by atoms with Gasteiger partial charge in [0.15, 0.2) is 0 Å². The maximum absolute atomic E-state index is 5.34. The third-order valence-electron chi connectivity index (χ3n) is 2.20. The lowest BCUT2D eigenvalue weighted by molar-refractivity contribution is 0.340. The molecule has 0 unspecified atom stereocenters. The molecule has 0 bridgehead atoms. The first-order valence-corrected chi connectivity index (χ1v) is 5.79. The Morgan fingerprint density at radius 1 is 1.58 bits per heavy atom. The van der Waals surface area contributed by atoms with E-state index < -0.39 is 0 Å². The van der Waals surface area contributed by atoms with Crippen LogP contribution in [-0.2, 0) is 4.18 Å². The molecular weight excluding hydrogens is 170 g/mol. The average molecular weight is 189 g/mol. The van der Waals surface area contributed by atoms with Gasteiger partial charge in [-0.3, -0.25) is 0 Å². The van der Waals surface area contributed by atoms with E-state index in [9.17, 15) is 0 Å². The van der Waals surface area contributed by atoms with Crippen LogP contribution in [0.2, 0.25) is 0 Å². The highest BCUT2D eigenvalue weighted by Gasteiger charge is 2.13. The molecule has 2 nitrogen and oxygen atoms in total. The summed E-state index contributed by atoms with van der Waals surface area (Å²) in [6.07, 6.45) is 3.91. The molecule has 1 heterocycles. The van der Waals surface area contributed by atoms with Crippen LogP contribution in [0, 0.1) is 5.92 Å². The smallest absolute Gasteiger partial charge is 0.0613 e. The van der Waals surface area contributed by atoms with E-state index in [4.69, 9.17) is 4.18 Å². The van der Waals surface area contributed by atoms with Crippen molar-refractivity contribution < 1.29 is 4.18 Å². The minimum Gasteiger partial charge on any atom is -0.316 e. The number of hydrogen-bond acceptors (Lipinski definition) is 3. The highest BCUT2D eigenvalue weighted by atomic mass is 32.2. The second-order valence-electron chi connectivity index (χ2n) is 3.23. The Hall–Kier alpha value is 0.270. The molecule has 1 N–H and O–H groups in total. The van der Waals surface area contributed by atoms with E-state index >= 15 is 0 Å². The van der Waals surface area contributed by atoms with Crippen LogP contribution in [0.1, 0.15) is 26.2 Å². The van der Waals surface area contributed by atoms with Crippen LogP contribution in [-0.4, -0.2) is 25.4 Å². The molecule has 1 atom stereocenters. The van der Waals surface area contributed by atoms with Gasteiger partial charge in [-0.25, -0.2) is 0 Å². The first-order valence-electron chi connectivity index (χ1n) is 4.88. The van der Waals surface area contributed by atoms with Crippen LogP contribution in [0.15, 0.2) is 0 Å². The normalized spacial score (nSPS) is 23.2. The van der Waals surface area contributed by atoms with Gasteiger partial charge in [0.1, 0.15) is 0 Å². The molecule has 0 aromatic carbocycles. The van der Waals surface area contributed by atoms with Crippen molar-refractivity contribution in [2.45, 2.75) is 26.2 Å². The van der Waals surface area contributed by atoms with Crippen LogP contribution in [0.3, 0.4) is 0 Å². The second-order valence-corrected chi connectivity index (χ2v) is 4.28. The quantitative estimate of drug-likeness (QED) is 0.510. The number of hydrogen-bond donors (Lipinski definition) is 1. The average Bonchev–Trinajstić information content (AvgIpc) is 2.57. The van der Waals surface area contributed by atoms with Gasteiger partial charge in [0.2, 0.25) is 0 Å².